The highest BCUT2D eigenvalue weighted by atomic mass is 16.5. The maximum atomic E-state index is 10.4. The summed E-state index contributed by atoms with van der Waals surface area (Å²) < 4.78 is 10.5. The van der Waals surface area contributed by atoms with Crippen LogP contribution in [-0.2, 0) is 11.3 Å². The topological polar surface area (TPSA) is 74.9 Å². The molecule has 1 heterocycles. The van der Waals surface area contributed by atoms with E-state index in [9.17, 15) is 10.2 Å². The first kappa shape index (κ1) is 16.5. The van der Waals surface area contributed by atoms with Crippen LogP contribution >= 0.6 is 0 Å². The molecule has 0 radical (unpaired) electrons. The molecular formula is C16H27NO4. The Hall–Kier alpha value is -0.880. The lowest BCUT2D eigenvalue weighted by atomic mass is 9.79. The SMILES string of the molecule is CC1CCC(O)(CNCC(O)COCc2ccco2)CC1. The molecule has 0 aromatic carbocycles. The number of rotatable bonds is 8. The molecule has 21 heavy (non-hydrogen) atoms. The molecular weight excluding hydrogens is 270 g/mol. The highest BCUT2D eigenvalue weighted by Gasteiger charge is 2.31. The Balaban J connectivity index is 1.55. The zero-order valence-electron chi connectivity index (χ0n) is 12.8. The van der Waals surface area contributed by atoms with E-state index in [1.165, 1.54) is 0 Å². The summed E-state index contributed by atoms with van der Waals surface area (Å²) in [5.74, 6) is 1.46. The number of nitrogens with one attached hydrogen (secondary N) is 1. The van der Waals surface area contributed by atoms with Gasteiger partial charge in [-0.15, -0.1) is 0 Å². The van der Waals surface area contributed by atoms with Gasteiger partial charge in [-0.3, -0.25) is 0 Å². The van der Waals surface area contributed by atoms with Gasteiger partial charge in [-0.25, -0.2) is 0 Å². The van der Waals surface area contributed by atoms with E-state index in [4.69, 9.17) is 9.15 Å². The van der Waals surface area contributed by atoms with E-state index in [1.807, 2.05) is 12.1 Å². The minimum atomic E-state index is -0.610. The summed E-state index contributed by atoms with van der Waals surface area (Å²) in [6, 6.07) is 3.65. The van der Waals surface area contributed by atoms with Crippen molar-refractivity contribution >= 4 is 0 Å². The van der Waals surface area contributed by atoms with E-state index in [2.05, 4.69) is 12.2 Å². The van der Waals surface area contributed by atoms with Crippen LogP contribution in [0.4, 0.5) is 0 Å². The molecule has 1 saturated carbocycles. The number of ether oxygens (including phenoxy) is 1. The fourth-order valence-corrected chi connectivity index (χ4v) is 2.70. The molecule has 1 fully saturated rings. The fraction of sp³-hybridized carbons (Fsp3) is 0.750. The van der Waals surface area contributed by atoms with Gasteiger partial charge in [-0.2, -0.15) is 0 Å². The molecule has 1 aliphatic carbocycles. The van der Waals surface area contributed by atoms with Crippen LogP contribution in [0.2, 0.25) is 0 Å². The Bertz CT molecular complexity index is 385. The third-order valence-corrected chi connectivity index (χ3v) is 4.17. The third-order valence-electron chi connectivity index (χ3n) is 4.17. The summed E-state index contributed by atoms with van der Waals surface area (Å²) in [5.41, 5.74) is -0.610. The van der Waals surface area contributed by atoms with Gasteiger partial charge in [0, 0.05) is 13.1 Å². The van der Waals surface area contributed by atoms with E-state index >= 15 is 0 Å². The molecule has 120 valence electrons. The van der Waals surface area contributed by atoms with E-state index in [0.29, 0.717) is 25.6 Å². The van der Waals surface area contributed by atoms with Gasteiger partial charge in [0.05, 0.1) is 24.6 Å². The van der Waals surface area contributed by atoms with Crippen molar-refractivity contribution in [1.82, 2.24) is 5.32 Å². The fourth-order valence-electron chi connectivity index (χ4n) is 2.70. The Morgan fingerprint density at radius 3 is 2.90 bits per heavy atom. The van der Waals surface area contributed by atoms with Crippen LogP contribution in [-0.4, -0.2) is 41.6 Å². The third kappa shape index (κ3) is 5.79. The number of hydrogen-bond donors (Lipinski definition) is 3. The van der Waals surface area contributed by atoms with Crippen molar-refractivity contribution in [3.05, 3.63) is 24.2 Å². The Labute approximate surface area is 126 Å². The van der Waals surface area contributed by atoms with Crippen LogP contribution in [0.5, 0.6) is 0 Å². The second-order valence-corrected chi connectivity index (χ2v) is 6.29. The van der Waals surface area contributed by atoms with Crippen LogP contribution in [0, 0.1) is 5.92 Å². The standard InChI is InChI=1S/C16H27NO4/c1-13-4-6-16(19,7-5-13)12-17-9-14(18)10-20-11-15-3-2-8-21-15/h2-3,8,13-14,17-19H,4-7,9-12H2,1H3. The largest absolute Gasteiger partial charge is 0.467 e. The lowest BCUT2D eigenvalue weighted by Gasteiger charge is -2.35. The Morgan fingerprint density at radius 2 is 2.24 bits per heavy atom. The summed E-state index contributed by atoms with van der Waals surface area (Å²) in [5, 5.41) is 23.4. The average molecular weight is 297 g/mol. The molecule has 0 bridgehead atoms. The lowest BCUT2D eigenvalue weighted by molar-refractivity contribution is -0.0132. The molecule has 0 spiro atoms. The van der Waals surface area contributed by atoms with Crippen molar-refractivity contribution in [2.45, 2.75) is 50.9 Å². The molecule has 1 aromatic heterocycles. The van der Waals surface area contributed by atoms with Crippen molar-refractivity contribution in [2.24, 2.45) is 5.92 Å². The minimum Gasteiger partial charge on any atom is -0.467 e. The predicted molar refractivity (Wildman–Crippen MR) is 79.8 cm³/mol. The number of furan rings is 1. The zero-order chi connectivity index (χ0) is 15.1. The summed E-state index contributed by atoms with van der Waals surface area (Å²) >= 11 is 0. The monoisotopic (exact) mass is 297 g/mol. The summed E-state index contributed by atoms with van der Waals surface area (Å²) in [4.78, 5) is 0. The molecule has 5 nitrogen and oxygen atoms in total. The van der Waals surface area contributed by atoms with Gasteiger partial charge in [0.2, 0.25) is 0 Å². The first-order valence-corrected chi connectivity index (χ1v) is 7.79. The van der Waals surface area contributed by atoms with Gasteiger partial charge >= 0.3 is 0 Å². The predicted octanol–water partition coefficient (Wildman–Crippen LogP) is 1.69. The molecule has 0 saturated heterocycles. The van der Waals surface area contributed by atoms with Gasteiger partial charge < -0.3 is 24.7 Å². The highest BCUT2D eigenvalue weighted by Crippen LogP contribution is 2.31. The van der Waals surface area contributed by atoms with Gasteiger partial charge in [-0.1, -0.05) is 6.92 Å². The molecule has 1 aromatic rings. The van der Waals surface area contributed by atoms with Gasteiger partial charge in [0.15, 0.2) is 0 Å². The first-order valence-electron chi connectivity index (χ1n) is 7.79. The van der Waals surface area contributed by atoms with Crippen molar-refractivity contribution < 1.29 is 19.4 Å². The molecule has 0 amide bonds. The van der Waals surface area contributed by atoms with E-state index < -0.39 is 11.7 Å². The smallest absolute Gasteiger partial charge is 0.129 e. The van der Waals surface area contributed by atoms with Crippen LogP contribution in [0.15, 0.2) is 22.8 Å². The molecule has 1 unspecified atom stereocenters. The van der Waals surface area contributed by atoms with E-state index in [-0.39, 0.29) is 6.61 Å². The summed E-state index contributed by atoms with van der Waals surface area (Å²) in [7, 11) is 0. The van der Waals surface area contributed by atoms with Crippen molar-refractivity contribution in [1.29, 1.82) is 0 Å². The molecule has 0 aliphatic heterocycles. The van der Waals surface area contributed by atoms with Gasteiger partial charge in [0.1, 0.15) is 12.4 Å². The maximum absolute atomic E-state index is 10.4. The van der Waals surface area contributed by atoms with E-state index in [1.54, 1.807) is 6.26 Å². The average Bonchev–Trinajstić information content (AvgIpc) is 2.96. The van der Waals surface area contributed by atoms with E-state index in [0.717, 1.165) is 31.4 Å². The van der Waals surface area contributed by atoms with Gasteiger partial charge in [-0.05, 0) is 43.7 Å². The van der Waals surface area contributed by atoms with Crippen LogP contribution < -0.4 is 5.32 Å². The first-order chi connectivity index (χ1) is 10.1. The van der Waals surface area contributed by atoms with Crippen molar-refractivity contribution in [3.63, 3.8) is 0 Å². The minimum absolute atomic E-state index is 0.253. The Kier molecular flexibility index (Phi) is 6.23. The molecule has 5 heteroatoms. The van der Waals surface area contributed by atoms with Crippen molar-refractivity contribution in [3.8, 4) is 0 Å². The van der Waals surface area contributed by atoms with Crippen LogP contribution in [0.25, 0.3) is 0 Å². The number of hydrogen-bond acceptors (Lipinski definition) is 5. The lowest BCUT2D eigenvalue weighted by Crippen LogP contribution is -2.45. The summed E-state index contributed by atoms with van der Waals surface area (Å²) in [6.45, 7) is 3.81. The van der Waals surface area contributed by atoms with Crippen molar-refractivity contribution in [2.75, 3.05) is 19.7 Å². The molecule has 3 N–H and O–H groups in total. The normalized spacial score (nSPS) is 27.7. The second kappa shape index (κ2) is 7.94. The highest BCUT2D eigenvalue weighted by molar-refractivity contribution is 4.96. The summed E-state index contributed by atoms with van der Waals surface area (Å²) in [6.07, 6.45) is 4.85. The maximum Gasteiger partial charge on any atom is 0.129 e. The van der Waals surface area contributed by atoms with Gasteiger partial charge in [0.25, 0.3) is 0 Å². The molecule has 1 atom stereocenters. The van der Waals surface area contributed by atoms with Crippen LogP contribution in [0.1, 0.15) is 38.4 Å². The van der Waals surface area contributed by atoms with Crippen LogP contribution in [0.3, 0.4) is 0 Å². The molecule has 2 rings (SSSR count). The Morgan fingerprint density at radius 1 is 1.48 bits per heavy atom. The quantitative estimate of drug-likeness (QED) is 0.681. The number of aliphatic hydroxyl groups is 2. The molecule has 1 aliphatic rings. The number of aliphatic hydroxyl groups excluding tert-OH is 1. The second-order valence-electron chi connectivity index (χ2n) is 6.29. The zero-order valence-corrected chi connectivity index (χ0v) is 12.8.